The molecule has 0 aromatic heterocycles. The fourth-order valence-electron chi connectivity index (χ4n) is 2.13. The van der Waals surface area contributed by atoms with E-state index in [1.807, 2.05) is 36.4 Å². The minimum Gasteiger partial charge on any atom is -0.493 e. The molecule has 0 atom stereocenters. The van der Waals surface area contributed by atoms with Crippen molar-refractivity contribution in [3.63, 3.8) is 0 Å². The van der Waals surface area contributed by atoms with Gasteiger partial charge in [-0.25, -0.2) is 0 Å². The van der Waals surface area contributed by atoms with Crippen LogP contribution in [0.5, 0.6) is 17.2 Å². The van der Waals surface area contributed by atoms with Crippen molar-refractivity contribution in [3.05, 3.63) is 53.1 Å². The molecule has 0 aliphatic rings. The molecule has 0 N–H and O–H groups in total. The van der Waals surface area contributed by atoms with Gasteiger partial charge in [0.15, 0.2) is 11.5 Å². The van der Waals surface area contributed by atoms with Gasteiger partial charge in [-0.3, -0.25) is 4.79 Å². The van der Waals surface area contributed by atoms with Crippen LogP contribution < -0.4 is 14.2 Å². The van der Waals surface area contributed by atoms with E-state index in [4.69, 9.17) is 14.2 Å². The van der Waals surface area contributed by atoms with Gasteiger partial charge in [-0.15, -0.1) is 0 Å². The summed E-state index contributed by atoms with van der Waals surface area (Å²) in [5, 5.41) is 0. The summed E-state index contributed by atoms with van der Waals surface area (Å²) in [5.41, 5.74) is 2.52. The number of hydrogen-bond acceptors (Lipinski definition) is 4. The molecule has 4 nitrogen and oxygen atoms in total. The second-order valence-corrected chi connectivity index (χ2v) is 4.54. The van der Waals surface area contributed by atoms with E-state index in [2.05, 4.69) is 0 Å². The maximum Gasteiger partial charge on any atom is 0.203 e. The Bertz CT molecular complexity index is 672. The van der Waals surface area contributed by atoms with Gasteiger partial charge in [0.1, 0.15) is 6.29 Å². The van der Waals surface area contributed by atoms with E-state index in [0.29, 0.717) is 22.8 Å². The number of benzene rings is 2. The average Bonchev–Trinajstić information content (AvgIpc) is 2.59. The minimum atomic E-state index is 0.559. The molecule has 4 heteroatoms. The Morgan fingerprint density at radius 1 is 0.727 bits per heavy atom. The summed E-state index contributed by atoms with van der Waals surface area (Å²) in [6, 6.07) is 11.0. The van der Waals surface area contributed by atoms with Crippen LogP contribution in [-0.4, -0.2) is 27.6 Å². The smallest absolute Gasteiger partial charge is 0.203 e. The van der Waals surface area contributed by atoms with E-state index in [9.17, 15) is 4.79 Å². The van der Waals surface area contributed by atoms with E-state index in [1.165, 1.54) is 0 Å². The van der Waals surface area contributed by atoms with E-state index in [-0.39, 0.29) is 0 Å². The molecule has 2 rings (SSSR count). The van der Waals surface area contributed by atoms with E-state index in [0.717, 1.165) is 17.4 Å². The van der Waals surface area contributed by atoms with E-state index >= 15 is 0 Å². The van der Waals surface area contributed by atoms with Gasteiger partial charge in [0.25, 0.3) is 0 Å². The summed E-state index contributed by atoms with van der Waals surface area (Å²) < 4.78 is 16.1. The quantitative estimate of drug-likeness (QED) is 0.602. The van der Waals surface area contributed by atoms with Gasteiger partial charge in [-0.05, 0) is 17.7 Å². The summed E-state index contributed by atoms with van der Waals surface area (Å²) in [6.07, 6.45) is 4.69. The lowest BCUT2D eigenvalue weighted by Gasteiger charge is -2.14. The van der Waals surface area contributed by atoms with Crippen LogP contribution in [0.2, 0.25) is 0 Å². The van der Waals surface area contributed by atoms with Crippen molar-refractivity contribution in [1.29, 1.82) is 0 Å². The highest BCUT2D eigenvalue weighted by Gasteiger charge is 2.13. The Morgan fingerprint density at radius 2 is 1.36 bits per heavy atom. The van der Waals surface area contributed by atoms with Crippen LogP contribution in [0.15, 0.2) is 36.4 Å². The predicted molar refractivity (Wildman–Crippen MR) is 86.9 cm³/mol. The third-order valence-corrected chi connectivity index (χ3v) is 3.26. The molecule has 0 radical (unpaired) electrons. The first-order valence-electron chi connectivity index (χ1n) is 6.75. The molecular formula is C18H18O4. The Labute approximate surface area is 129 Å². The largest absolute Gasteiger partial charge is 0.493 e. The van der Waals surface area contributed by atoms with Gasteiger partial charge in [-0.1, -0.05) is 36.4 Å². The van der Waals surface area contributed by atoms with E-state index in [1.54, 1.807) is 33.5 Å². The SMILES string of the molecule is COc1ccc(/C=C/c2ccc(C=O)cc2)c(OC)c1OC. The first-order chi connectivity index (χ1) is 10.7. The molecule has 0 spiro atoms. The zero-order valence-corrected chi connectivity index (χ0v) is 12.8. The van der Waals surface area contributed by atoms with Crippen LogP contribution >= 0.6 is 0 Å². The predicted octanol–water partition coefficient (Wildman–Crippen LogP) is 3.70. The van der Waals surface area contributed by atoms with Crippen LogP contribution in [0, 0.1) is 0 Å². The Balaban J connectivity index is 2.35. The Kier molecular flexibility index (Phi) is 5.20. The molecule has 0 unspecified atom stereocenters. The summed E-state index contributed by atoms with van der Waals surface area (Å²) in [6.45, 7) is 0. The van der Waals surface area contributed by atoms with Crippen molar-refractivity contribution in [2.24, 2.45) is 0 Å². The van der Waals surface area contributed by atoms with Crippen LogP contribution in [0.4, 0.5) is 0 Å². The van der Waals surface area contributed by atoms with Crippen molar-refractivity contribution >= 4 is 18.4 Å². The molecule has 22 heavy (non-hydrogen) atoms. The van der Waals surface area contributed by atoms with Crippen molar-refractivity contribution in [3.8, 4) is 17.2 Å². The summed E-state index contributed by atoms with van der Waals surface area (Å²) >= 11 is 0. The van der Waals surface area contributed by atoms with Crippen molar-refractivity contribution < 1.29 is 19.0 Å². The van der Waals surface area contributed by atoms with Crippen molar-refractivity contribution in [1.82, 2.24) is 0 Å². The van der Waals surface area contributed by atoms with E-state index < -0.39 is 0 Å². The highest BCUT2D eigenvalue weighted by Crippen LogP contribution is 2.40. The van der Waals surface area contributed by atoms with Crippen LogP contribution in [-0.2, 0) is 0 Å². The number of methoxy groups -OCH3 is 3. The number of ether oxygens (including phenoxy) is 3. The highest BCUT2D eigenvalue weighted by atomic mass is 16.5. The van der Waals surface area contributed by atoms with Crippen molar-refractivity contribution in [2.75, 3.05) is 21.3 Å². The fraction of sp³-hybridized carbons (Fsp3) is 0.167. The molecule has 114 valence electrons. The lowest BCUT2D eigenvalue weighted by Crippen LogP contribution is -1.96. The monoisotopic (exact) mass is 298 g/mol. The first kappa shape index (κ1) is 15.6. The molecule has 0 aliphatic carbocycles. The maximum absolute atomic E-state index is 10.7. The van der Waals surface area contributed by atoms with Gasteiger partial charge in [0.05, 0.1) is 21.3 Å². The fourth-order valence-corrected chi connectivity index (χ4v) is 2.13. The number of rotatable bonds is 6. The zero-order chi connectivity index (χ0) is 15.9. The molecule has 2 aromatic rings. The molecule has 0 aliphatic heterocycles. The third kappa shape index (κ3) is 3.28. The molecule has 0 bridgehead atoms. The minimum absolute atomic E-state index is 0.559. The number of carbonyl (C=O) groups is 1. The second kappa shape index (κ2) is 7.31. The van der Waals surface area contributed by atoms with Gasteiger partial charge in [-0.2, -0.15) is 0 Å². The Hall–Kier alpha value is -2.75. The molecule has 2 aromatic carbocycles. The average molecular weight is 298 g/mol. The molecular weight excluding hydrogens is 280 g/mol. The summed E-state index contributed by atoms with van der Waals surface area (Å²) in [7, 11) is 4.75. The highest BCUT2D eigenvalue weighted by molar-refractivity contribution is 5.78. The molecule has 0 fully saturated rings. The zero-order valence-electron chi connectivity index (χ0n) is 12.8. The van der Waals surface area contributed by atoms with Crippen molar-refractivity contribution in [2.45, 2.75) is 0 Å². The van der Waals surface area contributed by atoms with Gasteiger partial charge >= 0.3 is 0 Å². The maximum atomic E-state index is 10.7. The summed E-state index contributed by atoms with van der Waals surface area (Å²) in [4.78, 5) is 10.7. The third-order valence-electron chi connectivity index (χ3n) is 3.26. The lowest BCUT2D eigenvalue weighted by molar-refractivity contribution is 0.112. The topological polar surface area (TPSA) is 44.8 Å². The molecule has 0 saturated carbocycles. The molecule has 0 amide bonds. The summed E-state index contributed by atoms with van der Waals surface area (Å²) in [5.74, 6) is 1.79. The first-order valence-corrected chi connectivity index (χ1v) is 6.75. The normalized spacial score (nSPS) is 10.5. The second-order valence-electron chi connectivity index (χ2n) is 4.54. The number of carbonyl (C=O) groups excluding carboxylic acids is 1. The number of aldehydes is 1. The van der Waals surface area contributed by atoms with Gasteiger partial charge in [0.2, 0.25) is 5.75 Å². The lowest BCUT2D eigenvalue weighted by atomic mass is 10.1. The van der Waals surface area contributed by atoms with Crippen LogP contribution in [0.1, 0.15) is 21.5 Å². The van der Waals surface area contributed by atoms with Gasteiger partial charge < -0.3 is 14.2 Å². The van der Waals surface area contributed by atoms with Crippen LogP contribution in [0.3, 0.4) is 0 Å². The van der Waals surface area contributed by atoms with Gasteiger partial charge in [0, 0.05) is 11.1 Å². The standard InChI is InChI=1S/C18H18O4/c1-20-16-11-10-15(17(21-2)18(16)22-3)9-8-13-4-6-14(12-19)7-5-13/h4-12H,1-3H3/b9-8+. The number of hydrogen-bond donors (Lipinski definition) is 0. The molecule has 0 saturated heterocycles. The molecule has 0 heterocycles. The Morgan fingerprint density at radius 3 is 1.91 bits per heavy atom. The van der Waals surface area contributed by atoms with Crippen LogP contribution in [0.25, 0.3) is 12.2 Å².